The van der Waals surface area contributed by atoms with Crippen molar-refractivity contribution in [3.8, 4) is 0 Å². The van der Waals surface area contributed by atoms with Gasteiger partial charge in [-0.25, -0.2) is 8.78 Å². The summed E-state index contributed by atoms with van der Waals surface area (Å²) in [7, 11) is 0. The van der Waals surface area contributed by atoms with Gasteiger partial charge in [0.25, 0.3) is 0 Å². The lowest BCUT2D eigenvalue weighted by Crippen LogP contribution is -2.31. The van der Waals surface area contributed by atoms with E-state index in [2.05, 4.69) is 26.1 Å². The standard InChI is InChI=1S/C16H25F2N/c1-4-10-19-13(11-12(2)3)8-9-14-15(17)6-5-7-16(14)18/h5-7,12-13,19H,4,8-11H2,1-3H3. The molecular formula is C16H25F2N. The maximum Gasteiger partial charge on any atom is 0.129 e. The fourth-order valence-electron chi connectivity index (χ4n) is 2.31. The van der Waals surface area contributed by atoms with Crippen molar-refractivity contribution in [3.63, 3.8) is 0 Å². The normalized spacial score (nSPS) is 12.9. The molecule has 0 amide bonds. The first-order valence-electron chi connectivity index (χ1n) is 7.20. The minimum atomic E-state index is -0.432. The summed E-state index contributed by atoms with van der Waals surface area (Å²) in [6.07, 6.45) is 3.33. The van der Waals surface area contributed by atoms with Crippen LogP contribution in [0.4, 0.5) is 8.78 Å². The van der Waals surface area contributed by atoms with Crippen molar-refractivity contribution >= 4 is 0 Å². The molecule has 0 radical (unpaired) electrons. The van der Waals surface area contributed by atoms with E-state index in [1.807, 2.05) is 0 Å². The Bertz CT molecular complexity index is 357. The molecule has 1 unspecified atom stereocenters. The number of benzene rings is 1. The first-order chi connectivity index (χ1) is 9.04. The van der Waals surface area contributed by atoms with Gasteiger partial charge >= 0.3 is 0 Å². The smallest absolute Gasteiger partial charge is 0.129 e. The Hall–Kier alpha value is -0.960. The molecule has 0 fully saturated rings. The minimum absolute atomic E-state index is 0.217. The molecule has 0 spiro atoms. The van der Waals surface area contributed by atoms with Crippen molar-refractivity contribution in [2.24, 2.45) is 5.92 Å². The van der Waals surface area contributed by atoms with Crippen molar-refractivity contribution in [1.29, 1.82) is 0 Å². The molecule has 0 bridgehead atoms. The molecule has 0 aromatic heterocycles. The molecule has 0 aliphatic heterocycles. The highest BCUT2D eigenvalue weighted by Gasteiger charge is 2.14. The molecule has 19 heavy (non-hydrogen) atoms. The summed E-state index contributed by atoms with van der Waals surface area (Å²) >= 11 is 0. The largest absolute Gasteiger partial charge is 0.314 e. The zero-order valence-corrected chi connectivity index (χ0v) is 12.2. The van der Waals surface area contributed by atoms with Crippen LogP contribution in [0.5, 0.6) is 0 Å². The number of hydrogen-bond acceptors (Lipinski definition) is 1. The van der Waals surface area contributed by atoms with Gasteiger partial charge in [-0.3, -0.25) is 0 Å². The third-order valence-corrected chi connectivity index (χ3v) is 3.24. The number of nitrogens with one attached hydrogen (secondary N) is 1. The first-order valence-corrected chi connectivity index (χ1v) is 7.20. The lowest BCUT2D eigenvalue weighted by atomic mass is 9.97. The molecule has 1 aromatic rings. The van der Waals surface area contributed by atoms with Crippen molar-refractivity contribution in [3.05, 3.63) is 35.4 Å². The van der Waals surface area contributed by atoms with Crippen molar-refractivity contribution in [2.45, 2.75) is 52.5 Å². The van der Waals surface area contributed by atoms with Gasteiger partial charge in [-0.1, -0.05) is 26.8 Å². The van der Waals surface area contributed by atoms with Crippen LogP contribution >= 0.6 is 0 Å². The maximum atomic E-state index is 13.6. The SMILES string of the molecule is CCCNC(CCc1c(F)cccc1F)CC(C)C. The van der Waals surface area contributed by atoms with Crippen LogP contribution in [0, 0.1) is 17.6 Å². The highest BCUT2D eigenvalue weighted by molar-refractivity contribution is 5.19. The van der Waals surface area contributed by atoms with Crippen LogP contribution in [-0.4, -0.2) is 12.6 Å². The average Bonchev–Trinajstić information content (AvgIpc) is 2.34. The Kier molecular flexibility index (Phi) is 7.00. The van der Waals surface area contributed by atoms with Crippen molar-refractivity contribution in [1.82, 2.24) is 5.32 Å². The molecule has 1 N–H and O–H groups in total. The molecular weight excluding hydrogens is 244 g/mol. The number of hydrogen-bond donors (Lipinski definition) is 1. The third kappa shape index (κ3) is 5.68. The predicted molar refractivity (Wildman–Crippen MR) is 76.2 cm³/mol. The van der Waals surface area contributed by atoms with Gasteiger partial charge in [0.2, 0.25) is 0 Å². The second-order valence-electron chi connectivity index (χ2n) is 5.52. The van der Waals surface area contributed by atoms with Gasteiger partial charge in [0.05, 0.1) is 0 Å². The monoisotopic (exact) mass is 269 g/mol. The summed E-state index contributed by atoms with van der Waals surface area (Å²) in [5.74, 6) is -0.280. The van der Waals surface area contributed by atoms with Crippen LogP contribution in [0.2, 0.25) is 0 Å². The Morgan fingerprint density at radius 1 is 1.16 bits per heavy atom. The predicted octanol–water partition coefficient (Wildman–Crippen LogP) is 4.31. The summed E-state index contributed by atoms with van der Waals surface area (Å²) in [6.45, 7) is 7.42. The zero-order chi connectivity index (χ0) is 14.3. The van der Waals surface area contributed by atoms with Gasteiger partial charge in [-0.2, -0.15) is 0 Å². The highest BCUT2D eigenvalue weighted by Crippen LogP contribution is 2.17. The molecule has 1 nitrogen and oxygen atoms in total. The van der Waals surface area contributed by atoms with Crippen LogP contribution in [0.3, 0.4) is 0 Å². The van der Waals surface area contributed by atoms with Gasteiger partial charge in [0, 0.05) is 11.6 Å². The summed E-state index contributed by atoms with van der Waals surface area (Å²) in [4.78, 5) is 0. The molecule has 0 aliphatic carbocycles. The first kappa shape index (κ1) is 16.1. The van der Waals surface area contributed by atoms with E-state index in [4.69, 9.17) is 0 Å². The molecule has 0 aliphatic rings. The van der Waals surface area contributed by atoms with Crippen molar-refractivity contribution in [2.75, 3.05) is 6.54 Å². The third-order valence-electron chi connectivity index (χ3n) is 3.24. The Morgan fingerprint density at radius 3 is 2.32 bits per heavy atom. The second kappa shape index (κ2) is 8.26. The van der Waals surface area contributed by atoms with E-state index < -0.39 is 11.6 Å². The molecule has 1 rings (SSSR count). The van der Waals surface area contributed by atoms with Crippen LogP contribution < -0.4 is 5.32 Å². The van der Waals surface area contributed by atoms with Crippen LogP contribution in [0.1, 0.15) is 45.6 Å². The summed E-state index contributed by atoms with van der Waals surface area (Å²) in [5, 5.41) is 3.47. The van der Waals surface area contributed by atoms with Crippen molar-refractivity contribution < 1.29 is 8.78 Å². The lowest BCUT2D eigenvalue weighted by Gasteiger charge is -2.20. The number of rotatable bonds is 8. The molecule has 0 saturated carbocycles. The summed E-state index contributed by atoms with van der Waals surface area (Å²) in [5.41, 5.74) is 0.217. The Morgan fingerprint density at radius 2 is 1.79 bits per heavy atom. The van der Waals surface area contributed by atoms with Gasteiger partial charge in [-0.15, -0.1) is 0 Å². The van der Waals surface area contributed by atoms with E-state index in [0.717, 1.165) is 25.8 Å². The van der Waals surface area contributed by atoms with E-state index in [-0.39, 0.29) is 5.56 Å². The van der Waals surface area contributed by atoms with Gasteiger partial charge < -0.3 is 5.32 Å². The highest BCUT2D eigenvalue weighted by atomic mass is 19.1. The average molecular weight is 269 g/mol. The summed E-state index contributed by atoms with van der Waals surface area (Å²) in [6, 6.07) is 4.40. The van der Waals surface area contributed by atoms with Crippen LogP contribution in [0.25, 0.3) is 0 Å². The van der Waals surface area contributed by atoms with E-state index >= 15 is 0 Å². The number of halogens is 2. The van der Waals surface area contributed by atoms with Crippen LogP contribution in [0.15, 0.2) is 18.2 Å². The lowest BCUT2D eigenvalue weighted by molar-refractivity contribution is 0.394. The zero-order valence-electron chi connectivity index (χ0n) is 12.2. The minimum Gasteiger partial charge on any atom is -0.314 e. The van der Waals surface area contributed by atoms with Gasteiger partial charge in [0.1, 0.15) is 11.6 Å². The maximum absolute atomic E-state index is 13.6. The molecule has 0 heterocycles. The van der Waals surface area contributed by atoms with Gasteiger partial charge in [-0.05, 0) is 50.3 Å². The topological polar surface area (TPSA) is 12.0 Å². The van der Waals surface area contributed by atoms with Gasteiger partial charge in [0.15, 0.2) is 0 Å². The van der Waals surface area contributed by atoms with E-state index in [1.54, 1.807) is 0 Å². The van der Waals surface area contributed by atoms with E-state index in [9.17, 15) is 8.78 Å². The molecule has 108 valence electrons. The quantitative estimate of drug-likeness (QED) is 0.741. The van der Waals surface area contributed by atoms with E-state index in [1.165, 1.54) is 18.2 Å². The molecule has 3 heteroatoms. The molecule has 1 atom stereocenters. The van der Waals surface area contributed by atoms with E-state index in [0.29, 0.717) is 18.4 Å². The van der Waals surface area contributed by atoms with Crippen LogP contribution in [-0.2, 0) is 6.42 Å². The fraction of sp³-hybridized carbons (Fsp3) is 0.625. The molecule has 1 aromatic carbocycles. The second-order valence-corrected chi connectivity index (χ2v) is 5.52. The Labute approximate surface area is 115 Å². The Balaban J connectivity index is 2.59. The summed E-state index contributed by atoms with van der Waals surface area (Å²) < 4.78 is 27.1. The fourth-order valence-corrected chi connectivity index (χ4v) is 2.31. The molecule has 0 saturated heterocycles.